The van der Waals surface area contributed by atoms with Gasteiger partial charge in [-0.3, -0.25) is 24.1 Å². The second kappa shape index (κ2) is 25.0. The first kappa shape index (κ1) is 57.6. The van der Waals surface area contributed by atoms with Crippen LogP contribution in [0, 0.1) is 19.3 Å². The number of para-hydroxylation sites is 1. The highest BCUT2D eigenvalue weighted by molar-refractivity contribution is 7.92. The molecule has 0 bridgehead atoms. The second-order valence-electron chi connectivity index (χ2n) is 21.9. The summed E-state index contributed by atoms with van der Waals surface area (Å²) in [6.45, 7) is 17.6. The van der Waals surface area contributed by atoms with E-state index in [1.165, 1.54) is 11.2 Å². The minimum Gasteiger partial charge on any atom is -0.494 e. The van der Waals surface area contributed by atoms with Gasteiger partial charge in [0.15, 0.2) is 16.1 Å². The largest absolute Gasteiger partial charge is 0.494 e. The maximum Gasteiger partial charge on any atom is 0.246 e. The van der Waals surface area contributed by atoms with Crippen molar-refractivity contribution in [1.29, 1.82) is 0 Å². The number of carbonyl (C=O) groups excluding carboxylic acids is 4. The number of benzene rings is 3. The molecule has 1 aromatic heterocycles. The lowest BCUT2D eigenvalue weighted by Crippen LogP contribution is -2.57. The van der Waals surface area contributed by atoms with Gasteiger partial charge in [0.05, 0.1) is 57.2 Å². The van der Waals surface area contributed by atoms with Gasteiger partial charge >= 0.3 is 0 Å². The van der Waals surface area contributed by atoms with Crippen molar-refractivity contribution in [2.24, 2.45) is 15.4 Å². The van der Waals surface area contributed by atoms with Crippen LogP contribution in [0.2, 0.25) is 0 Å². The van der Waals surface area contributed by atoms with E-state index in [1.54, 1.807) is 56.6 Å². The van der Waals surface area contributed by atoms with Crippen LogP contribution in [0.3, 0.4) is 0 Å². The number of aliphatic hydroxyl groups excluding tert-OH is 1. The van der Waals surface area contributed by atoms with E-state index in [1.807, 2.05) is 74.5 Å². The van der Waals surface area contributed by atoms with Gasteiger partial charge in [0.2, 0.25) is 29.6 Å². The topological polar surface area (TPSA) is 243 Å². The number of likely N-dealkylation sites (tertiary alicyclic amines) is 1. The van der Waals surface area contributed by atoms with Gasteiger partial charge in [0.25, 0.3) is 0 Å². The first-order valence-corrected chi connectivity index (χ1v) is 29.4. The van der Waals surface area contributed by atoms with Gasteiger partial charge in [-0.2, -0.15) is 0 Å². The Hall–Kier alpha value is -6.62. The van der Waals surface area contributed by atoms with Crippen LogP contribution in [0.25, 0.3) is 10.4 Å². The molecule has 3 aromatic carbocycles. The van der Waals surface area contributed by atoms with Crippen LogP contribution in [-0.2, 0) is 35.6 Å². The third-order valence-electron chi connectivity index (χ3n) is 15.0. The van der Waals surface area contributed by atoms with Crippen molar-refractivity contribution in [2.75, 3.05) is 68.5 Å². The number of hydrogen-bond acceptors (Lipinski definition) is 17. The first-order chi connectivity index (χ1) is 37.2. The van der Waals surface area contributed by atoms with E-state index in [2.05, 4.69) is 58.3 Å². The van der Waals surface area contributed by atoms with Gasteiger partial charge in [-0.25, -0.2) is 23.4 Å². The van der Waals surface area contributed by atoms with Crippen molar-refractivity contribution < 1.29 is 37.4 Å². The third-order valence-corrected chi connectivity index (χ3v) is 18.2. The standard InChI is InChI=1S/C56H76N12O8S2/c1-35(2)78(74,75)47-13-10-9-12-42(47)61-54-58-33-59-55(64-54)62-43-28-36(3)44(30-46(43)76-8)66-22-20-40(21-23-66)65-24-26-67(27-25-65)49(71)15-11-14-48(70)63-51(56(5,6)7)53(73)68-32-41(69)29-45(68)52(72)57-31-38-16-18-39(19-17-38)50-37(4)60-34-77-50/h9-10,12-13,16-19,28,30,33-35,40-41,45,51,54,61,69H,11,14-15,20-27,29,31-32H2,1-8H3,(H,57,72)(H,63,70)(H2,58,59,62,64)/t41-,45+,51-,54?/m1/s1. The van der Waals surface area contributed by atoms with E-state index >= 15 is 0 Å². The number of anilines is 3. The number of aliphatic hydroxyl groups is 1. The van der Waals surface area contributed by atoms with Gasteiger partial charge < -0.3 is 51.1 Å². The van der Waals surface area contributed by atoms with Gasteiger partial charge in [0, 0.05) is 89.4 Å². The zero-order valence-electron chi connectivity index (χ0n) is 46.0. The lowest BCUT2D eigenvalue weighted by atomic mass is 9.85. The maximum absolute atomic E-state index is 14.2. The number of piperazine rings is 1. The Balaban J connectivity index is 0.764. The quantitative estimate of drug-likeness (QED) is 0.0721. The predicted molar refractivity (Wildman–Crippen MR) is 305 cm³/mol. The number of rotatable bonds is 18. The highest BCUT2D eigenvalue weighted by Gasteiger charge is 2.44. The lowest BCUT2D eigenvalue weighted by Gasteiger charge is -2.43. The van der Waals surface area contributed by atoms with Crippen LogP contribution < -0.4 is 36.2 Å². The Morgan fingerprint density at radius 3 is 2.32 bits per heavy atom. The van der Waals surface area contributed by atoms with E-state index in [0.29, 0.717) is 48.6 Å². The molecule has 0 radical (unpaired) electrons. The van der Waals surface area contributed by atoms with Crippen LogP contribution >= 0.6 is 11.3 Å². The molecule has 4 atom stereocenters. The number of guanidine groups is 1. The van der Waals surface area contributed by atoms with Gasteiger partial charge in [-0.15, -0.1) is 11.3 Å². The molecular formula is C56H76N12O8S2. The Bertz CT molecular complexity index is 2960. The Labute approximate surface area is 462 Å². The molecule has 420 valence electrons. The highest BCUT2D eigenvalue weighted by Crippen LogP contribution is 2.36. The Morgan fingerprint density at radius 1 is 0.936 bits per heavy atom. The highest BCUT2D eigenvalue weighted by atomic mass is 32.2. The van der Waals surface area contributed by atoms with Crippen molar-refractivity contribution in [3.63, 3.8) is 0 Å². The molecule has 22 heteroatoms. The molecule has 6 N–H and O–H groups in total. The van der Waals surface area contributed by atoms with Crippen molar-refractivity contribution in [2.45, 2.75) is 134 Å². The Kier molecular flexibility index (Phi) is 18.5. The number of hydrogen-bond donors (Lipinski definition) is 6. The summed E-state index contributed by atoms with van der Waals surface area (Å²) < 4.78 is 32.0. The number of sulfone groups is 1. The van der Waals surface area contributed by atoms with Crippen LogP contribution in [0.4, 0.5) is 17.1 Å². The number of aliphatic imine (C=N–C) groups is 2. The summed E-state index contributed by atoms with van der Waals surface area (Å²) >= 11 is 1.57. The molecule has 0 spiro atoms. The fourth-order valence-electron chi connectivity index (χ4n) is 10.5. The summed E-state index contributed by atoms with van der Waals surface area (Å²) in [6.07, 6.45) is 2.59. The van der Waals surface area contributed by atoms with Crippen molar-refractivity contribution in [3.05, 3.63) is 83.0 Å². The number of carbonyl (C=O) groups is 4. The number of β-amino-alcohol motifs (C(OH)–C–C–N with tert-alkyl or cyclic N) is 1. The lowest BCUT2D eigenvalue weighted by molar-refractivity contribution is -0.144. The van der Waals surface area contributed by atoms with E-state index in [4.69, 9.17) is 4.74 Å². The molecule has 0 aliphatic carbocycles. The molecule has 0 saturated carbocycles. The molecule has 78 heavy (non-hydrogen) atoms. The molecule has 1 unspecified atom stereocenters. The summed E-state index contributed by atoms with van der Waals surface area (Å²) in [6, 6.07) is 17.3. The Morgan fingerprint density at radius 2 is 1.65 bits per heavy atom. The van der Waals surface area contributed by atoms with Crippen molar-refractivity contribution >= 4 is 74.2 Å². The summed E-state index contributed by atoms with van der Waals surface area (Å²) in [5, 5.41) is 25.5. The van der Waals surface area contributed by atoms with Gasteiger partial charge in [-0.05, 0) is 87.3 Å². The molecule has 4 aliphatic rings. The zero-order valence-corrected chi connectivity index (χ0v) is 47.7. The minimum absolute atomic E-state index is 0.00449. The number of nitrogens with zero attached hydrogens (tertiary/aromatic N) is 7. The average molecular weight is 1110 g/mol. The van der Waals surface area contributed by atoms with Crippen LogP contribution in [-0.4, -0.2) is 158 Å². The molecule has 3 fully saturated rings. The molecule has 4 aromatic rings. The van der Waals surface area contributed by atoms with Crippen molar-refractivity contribution in [1.82, 2.24) is 35.6 Å². The van der Waals surface area contributed by atoms with Crippen LogP contribution in [0.5, 0.6) is 5.75 Å². The van der Waals surface area contributed by atoms with Crippen molar-refractivity contribution in [3.8, 4) is 16.2 Å². The first-order valence-electron chi connectivity index (χ1n) is 26.9. The molecule has 4 aliphatic heterocycles. The third kappa shape index (κ3) is 13.8. The monoisotopic (exact) mass is 1110 g/mol. The fourth-order valence-corrected chi connectivity index (χ4v) is 12.5. The number of aryl methyl sites for hydroxylation is 2. The smallest absolute Gasteiger partial charge is 0.246 e. The maximum atomic E-state index is 14.2. The molecular weight excluding hydrogens is 1030 g/mol. The average Bonchev–Trinajstić information content (AvgIpc) is 4.05. The van der Waals surface area contributed by atoms with Gasteiger partial charge in [-0.1, -0.05) is 57.2 Å². The molecule has 20 nitrogen and oxygen atoms in total. The van der Waals surface area contributed by atoms with E-state index in [9.17, 15) is 32.7 Å². The van der Waals surface area contributed by atoms with E-state index < -0.39 is 50.9 Å². The molecule has 5 heterocycles. The SMILES string of the molecule is COc1cc(N2CCC(N3CCN(C(=O)CCCC(=O)N[C@H](C(=O)N4C[C@H](O)C[C@H]4C(=O)NCc4ccc(-c5scnc5C)cc4)C(C)(C)C)CC3)CC2)c(C)cc1NC1=NC(Nc2ccccc2S(=O)(=O)C(C)C)NC=N1. The normalized spacial score (nSPS) is 19.7. The number of methoxy groups -OCH3 is 1. The van der Waals surface area contributed by atoms with Crippen LogP contribution in [0.1, 0.15) is 90.0 Å². The van der Waals surface area contributed by atoms with E-state index in [0.717, 1.165) is 72.0 Å². The molecule has 4 amide bonds. The number of thiazole rings is 1. The van der Waals surface area contributed by atoms with Crippen LogP contribution in [0.15, 0.2) is 81.1 Å². The minimum atomic E-state index is -3.54. The van der Waals surface area contributed by atoms with Gasteiger partial charge in [0.1, 0.15) is 17.8 Å². The predicted octanol–water partition coefficient (Wildman–Crippen LogP) is 5.51. The zero-order chi connectivity index (χ0) is 55.9. The second-order valence-corrected chi connectivity index (χ2v) is 25.2. The molecule has 3 saturated heterocycles. The summed E-state index contributed by atoms with van der Waals surface area (Å²) in [4.78, 5) is 77.4. The number of amides is 4. The number of aromatic nitrogens is 1. The summed E-state index contributed by atoms with van der Waals surface area (Å²) in [7, 11) is -1.91. The fraction of sp³-hybridized carbons (Fsp3) is 0.518. The van der Waals surface area contributed by atoms with E-state index in [-0.39, 0.29) is 55.0 Å². The summed E-state index contributed by atoms with van der Waals surface area (Å²) in [5.74, 6) is -0.190. The number of piperidine rings is 1. The number of nitrogens with one attached hydrogen (secondary N) is 5. The summed E-state index contributed by atoms with van der Waals surface area (Å²) in [5.41, 5.74) is 7.28. The number of ether oxygens (including phenoxy) is 1. The molecule has 8 rings (SSSR count).